The van der Waals surface area contributed by atoms with Crippen LogP contribution in [0.4, 0.5) is 5.69 Å². The molecule has 0 fully saturated rings. The number of methoxy groups -OCH3 is 1. The number of carbonyl (C=O) groups is 1. The fraction of sp³-hybridized carbons (Fsp3) is 0.190. The number of anilines is 1. The Hall–Kier alpha value is -2.79. The van der Waals surface area contributed by atoms with Crippen molar-refractivity contribution < 1.29 is 14.3 Å². The highest BCUT2D eigenvalue weighted by Gasteiger charge is 2.24. The van der Waals surface area contributed by atoms with E-state index in [0.29, 0.717) is 22.9 Å². The van der Waals surface area contributed by atoms with Gasteiger partial charge in [-0.2, -0.15) is 0 Å². The van der Waals surface area contributed by atoms with Gasteiger partial charge in [0.15, 0.2) is 0 Å². The van der Waals surface area contributed by atoms with Crippen molar-refractivity contribution in [2.24, 2.45) is 0 Å². The number of amides is 1. The maximum Gasteiger partial charge on any atom is 0.265 e. The summed E-state index contributed by atoms with van der Waals surface area (Å²) in [7, 11) is 1.60. The number of hydrogen-bond acceptors (Lipinski definition) is 4. The van der Waals surface area contributed by atoms with Gasteiger partial charge in [-0.25, -0.2) is 0 Å². The van der Waals surface area contributed by atoms with Crippen LogP contribution in [0.1, 0.15) is 26.4 Å². The summed E-state index contributed by atoms with van der Waals surface area (Å²) >= 11 is 1.50. The molecule has 2 aromatic carbocycles. The second-order valence-corrected chi connectivity index (χ2v) is 7.41. The van der Waals surface area contributed by atoms with Crippen molar-refractivity contribution >= 4 is 22.9 Å². The number of aryl methyl sites for hydroxylation is 2. The van der Waals surface area contributed by atoms with Crippen LogP contribution in [0.15, 0.2) is 42.5 Å². The van der Waals surface area contributed by atoms with E-state index in [1.807, 2.05) is 43.3 Å². The molecule has 5 heteroatoms. The van der Waals surface area contributed by atoms with E-state index in [9.17, 15) is 4.79 Å². The lowest BCUT2D eigenvalue weighted by Gasteiger charge is -2.19. The number of nitrogens with one attached hydrogen (secondary N) is 1. The van der Waals surface area contributed by atoms with Gasteiger partial charge in [0, 0.05) is 16.0 Å². The van der Waals surface area contributed by atoms with Crippen LogP contribution in [0.2, 0.25) is 0 Å². The molecule has 0 saturated carbocycles. The minimum Gasteiger partial charge on any atom is -0.495 e. The van der Waals surface area contributed by atoms with E-state index in [1.54, 1.807) is 7.11 Å². The van der Waals surface area contributed by atoms with Crippen molar-refractivity contribution in [3.05, 3.63) is 64.0 Å². The molecule has 0 aliphatic carbocycles. The largest absolute Gasteiger partial charge is 0.495 e. The van der Waals surface area contributed by atoms with E-state index in [2.05, 4.69) is 18.3 Å². The maximum atomic E-state index is 12.8. The Kier molecular flexibility index (Phi) is 4.17. The Balaban J connectivity index is 1.68. The lowest BCUT2D eigenvalue weighted by Crippen LogP contribution is -2.11. The summed E-state index contributed by atoms with van der Waals surface area (Å²) in [5.41, 5.74) is 5.03. The van der Waals surface area contributed by atoms with Crippen molar-refractivity contribution in [2.75, 3.05) is 12.4 Å². The third kappa shape index (κ3) is 2.84. The number of thiophene rings is 1. The van der Waals surface area contributed by atoms with Crippen LogP contribution in [0.3, 0.4) is 0 Å². The van der Waals surface area contributed by atoms with Crippen LogP contribution in [0.5, 0.6) is 11.5 Å². The Labute approximate surface area is 156 Å². The van der Waals surface area contributed by atoms with Gasteiger partial charge in [-0.3, -0.25) is 4.79 Å². The summed E-state index contributed by atoms with van der Waals surface area (Å²) < 4.78 is 11.2. The SMILES string of the molecule is COc1ccc(C)cc1NC(=O)c1cc2c(s1)-c1c(C)cccc1OC2. The highest BCUT2D eigenvalue weighted by atomic mass is 32.1. The summed E-state index contributed by atoms with van der Waals surface area (Å²) in [6, 6.07) is 13.7. The summed E-state index contributed by atoms with van der Waals surface area (Å²) in [6.45, 7) is 4.54. The lowest BCUT2D eigenvalue weighted by molar-refractivity contribution is 0.103. The number of fused-ring (bicyclic) bond motifs is 3. The minimum atomic E-state index is -0.136. The molecule has 1 amide bonds. The van der Waals surface area contributed by atoms with E-state index < -0.39 is 0 Å². The van der Waals surface area contributed by atoms with Crippen molar-refractivity contribution in [3.63, 3.8) is 0 Å². The predicted octanol–water partition coefficient (Wildman–Crippen LogP) is 5.19. The van der Waals surface area contributed by atoms with Gasteiger partial charge in [-0.1, -0.05) is 18.2 Å². The molecule has 1 aromatic heterocycles. The second kappa shape index (κ2) is 6.50. The van der Waals surface area contributed by atoms with E-state index in [0.717, 1.165) is 32.9 Å². The van der Waals surface area contributed by atoms with Crippen LogP contribution in [0.25, 0.3) is 10.4 Å². The number of rotatable bonds is 3. The van der Waals surface area contributed by atoms with Gasteiger partial charge in [-0.05, 0) is 49.2 Å². The molecular formula is C21H19NO3S. The number of ether oxygens (including phenoxy) is 2. The first-order chi connectivity index (χ1) is 12.6. The normalized spacial score (nSPS) is 12.0. The molecule has 0 radical (unpaired) electrons. The van der Waals surface area contributed by atoms with Gasteiger partial charge < -0.3 is 14.8 Å². The van der Waals surface area contributed by atoms with Crippen LogP contribution in [-0.4, -0.2) is 13.0 Å². The van der Waals surface area contributed by atoms with Gasteiger partial charge in [0.05, 0.1) is 17.7 Å². The molecule has 1 aliphatic rings. The Morgan fingerprint density at radius 1 is 1.19 bits per heavy atom. The molecule has 1 N–H and O–H groups in total. The van der Waals surface area contributed by atoms with E-state index in [4.69, 9.17) is 9.47 Å². The molecule has 0 bridgehead atoms. The Morgan fingerprint density at radius 2 is 2.04 bits per heavy atom. The van der Waals surface area contributed by atoms with Gasteiger partial charge in [0.2, 0.25) is 0 Å². The third-order valence-corrected chi connectivity index (χ3v) is 5.67. The van der Waals surface area contributed by atoms with Gasteiger partial charge >= 0.3 is 0 Å². The molecule has 4 nitrogen and oxygen atoms in total. The van der Waals surface area contributed by atoms with Gasteiger partial charge in [0.25, 0.3) is 5.91 Å². The fourth-order valence-electron chi connectivity index (χ4n) is 3.17. The monoisotopic (exact) mass is 365 g/mol. The number of hydrogen-bond donors (Lipinski definition) is 1. The molecule has 2 heterocycles. The fourth-order valence-corrected chi connectivity index (χ4v) is 4.35. The zero-order valence-electron chi connectivity index (χ0n) is 14.9. The molecule has 0 atom stereocenters. The van der Waals surface area contributed by atoms with E-state index >= 15 is 0 Å². The molecule has 0 saturated heterocycles. The first-order valence-electron chi connectivity index (χ1n) is 8.38. The zero-order valence-corrected chi connectivity index (χ0v) is 15.7. The topological polar surface area (TPSA) is 47.6 Å². The molecule has 4 rings (SSSR count). The first kappa shape index (κ1) is 16.7. The Morgan fingerprint density at radius 3 is 2.85 bits per heavy atom. The molecule has 3 aromatic rings. The van der Waals surface area contributed by atoms with Crippen LogP contribution < -0.4 is 14.8 Å². The lowest BCUT2D eigenvalue weighted by atomic mass is 10.0. The summed E-state index contributed by atoms with van der Waals surface area (Å²) in [4.78, 5) is 14.6. The summed E-state index contributed by atoms with van der Waals surface area (Å²) in [5, 5.41) is 2.97. The molecular weight excluding hydrogens is 346 g/mol. The van der Waals surface area contributed by atoms with E-state index in [1.165, 1.54) is 11.3 Å². The number of carbonyl (C=O) groups excluding carboxylic acids is 1. The second-order valence-electron chi connectivity index (χ2n) is 6.36. The van der Waals surface area contributed by atoms with Crippen molar-refractivity contribution in [2.45, 2.75) is 20.5 Å². The standard InChI is InChI=1S/C21H19NO3S/c1-12-7-8-16(24-3)15(9-12)22-21(23)18-10-14-11-25-17-6-4-5-13(2)19(17)20(14)26-18/h4-10H,11H2,1-3H3,(H,22,23). The smallest absolute Gasteiger partial charge is 0.265 e. The molecule has 132 valence electrons. The molecule has 1 aliphatic heterocycles. The maximum absolute atomic E-state index is 12.8. The van der Waals surface area contributed by atoms with Gasteiger partial charge in [0.1, 0.15) is 18.1 Å². The van der Waals surface area contributed by atoms with E-state index in [-0.39, 0.29) is 5.91 Å². The van der Waals surface area contributed by atoms with Crippen LogP contribution in [-0.2, 0) is 6.61 Å². The van der Waals surface area contributed by atoms with Crippen LogP contribution in [0, 0.1) is 13.8 Å². The van der Waals surface area contributed by atoms with Crippen molar-refractivity contribution in [1.29, 1.82) is 0 Å². The molecule has 26 heavy (non-hydrogen) atoms. The van der Waals surface area contributed by atoms with Crippen LogP contribution >= 0.6 is 11.3 Å². The third-order valence-electron chi connectivity index (χ3n) is 4.48. The number of benzene rings is 2. The van der Waals surface area contributed by atoms with Crippen molar-refractivity contribution in [3.8, 4) is 21.9 Å². The first-order valence-corrected chi connectivity index (χ1v) is 9.20. The Bertz CT molecular complexity index is 1010. The predicted molar refractivity (Wildman–Crippen MR) is 105 cm³/mol. The highest BCUT2D eigenvalue weighted by molar-refractivity contribution is 7.17. The quantitative estimate of drug-likeness (QED) is 0.695. The molecule has 0 spiro atoms. The van der Waals surface area contributed by atoms with Gasteiger partial charge in [-0.15, -0.1) is 11.3 Å². The highest BCUT2D eigenvalue weighted by Crippen LogP contribution is 2.44. The zero-order chi connectivity index (χ0) is 18.3. The average Bonchev–Trinajstić information content (AvgIpc) is 3.06. The average molecular weight is 365 g/mol. The summed E-state index contributed by atoms with van der Waals surface area (Å²) in [5.74, 6) is 1.39. The summed E-state index contributed by atoms with van der Waals surface area (Å²) in [6.07, 6.45) is 0. The molecule has 0 unspecified atom stereocenters. The van der Waals surface area contributed by atoms with Crippen molar-refractivity contribution in [1.82, 2.24) is 0 Å². The minimum absolute atomic E-state index is 0.136.